The van der Waals surface area contributed by atoms with Crippen LogP contribution in [0.15, 0.2) is 55.0 Å². The number of nitrogens with two attached hydrogens (primary N) is 1. The molecule has 0 unspecified atom stereocenters. The van der Waals surface area contributed by atoms with E-state index in [1.165, 1.54) is 0 Å². The monoisotopic (exact) mass is 445 g/mol. The van der Waals surface area contributed by atoms with E-state index in [1.807, 2.05) is 62.0 Å². The molecule has 4 aromatic rings. The molecule has 0 spiro atoms. The Balaban J connectivity index is 1.63. The van der Waals surface area contributed by atoms with Crippen LogP contribution in [0, 0.1) is 11.2 Å². The van der Waals surface area contributed by atoms with Gasteiger partial charge in [-0.25, -0.2) is 9.97 Å². The molecule has 32 heavy (non-hydrogen) atoms. The second kappa shape index (κ2) is 9.73. The molecule has 0 aliphatic heterocycles. The molecule has 2 aromatic heterocycles. The van der Waals surface area contributed by atoms with Crippen molar-refractivity contribution in [2.24, 2.45) is 12.8 Å². The maximum absolute atomic E-state index is 5.78. The lowest BCUT2D eigenvalue weighted by Crippen LogP contribution is -2.10. The highest BCUT2D eigenvalue weighted by atomic mass is 32.2. The van der Waals surface area contributed by atoms with Crippen LogP contribution >= 0.6 is 0 Å². The molecule has 0 radical (unpaired) electrons. The van der Waals surface area contributed by atoms with Gasteiger partial charge in [0.1, 0.15) is 24.9 Å². The molecule has 4 rings (SSSR count). The number of hydrogen-bond acceptors (Lipinski definition) is 6. The molecule has 3 N–H and O–H groups in total. The van der Waals surface area contributed by atoms with E-state index < -0.39 is 0 Å². The number of aryl methyl sites for hydroxylation is 1. The minimum Gasteiger partial charge on any atom is -0.492 e. The van der Waals surface area contributed by atoms with Crippen molar-refractivity contribution in [1.82, 2.24) is 19.7 Å². The van der Waals surface area contributed by atoms with Crippen LogP contribution in [0.1, 0.15) is 5.56 Å². The second-order valence-electron chi connectivity index (χ2n) is 7.42. The van der Waals surface area contributed by atoms with Crippen molar-refractivity contribution in [3.8, 4) is 28.0 Å². The Morgan fingerprint density at radius 1 is 1.12 bits per heavy atom. The fraction of sp³-hybridized carbons (Fsp3) is 0.208. The van der Waals surface area contributed by atoms with Crippen molar-refractivity contribution in [3.63, 3.8) is 0 Å². The van der Waals surface area contributed by atoms with Gasteiger partial charge in [0.25, 0.3) is 0 Å². The van der Waals surface area contributed by atoms with Crippen LogP contribution in [0.3, 0.4) is 0 Å². The lowest BCUT2D eigenvalue weighted by molar-refractivity contribution is 0.328. The van der Waals surface area contributed by atoms with Gasteiger partial charge in [0.2, 0.25) is 5.95 Å². The van der Waals surface area contributed by atoms with Crippen molar-refractivity contribution >= 4 is 33.4 Å². The van der Waals surface area contributed by atoms with Gasteiger partial charge in [-0.1, -0.05) is 0 Å². The molecule has 0 saturated carbocycles. The predicted octanol–water partition coefficient (Wildman–Crippen LogP) is 3.30. The van der Waals surface area contributed by atoms with E-state index in [1.54, 1.807) is 4.68 Å². The summed E-state index contributed by atoms with van der Waals surface area (Å²) in [6.45, 7) is 0.878. The van der Waals surface area contributed by atoms with E-state index in [-0.39, 0.29) is 10.9 Å². The molecular formula is C24H25N6OS+. The van der Waals surface area contributed by atoms with Crippen LogP contribution < -0.4 is 15.8 Å². The van der Waals surface area contributed by atoms with Gasteiger partial charge in [-0.3, -0.25) is 4.68 Å². The van der Waals surface area contributed by atoms with Gasteiger partial charge >= 0.3 is 0 Å². The van der Waals surface area contributed by atoms with Crippen molar-refractivity contribution in [2.75, 3.05) is 31.0 Å². The molecule has 0 saturated heterocycles. The maximum Gasteiger partial charge on any atom is 0.227 e. The zero-order chi connectivity index (χ0) is 22.5. The standard InChI is InChI=1S/C24H25N6OS/c1-30-16-20(15-27-30)18-11-21(13-22(12-18)31-8-7-25)28-24-26-14-19-10-17(6-9-32(2)3)4-5-23(19)29-24/h4-5,10-16H,7-8,25H2,1-3H3,(H,26,28,29)/q+1. The highest BCUT2D eigenvalue weighted by molar-refractivity contribution is 8.00. The summed E-state index contributed by atoms with van der Waals surface area (Å²) in [7, 11) is 1.97. The Morgan fingerprint density at radius 2 is 2.00 bits per heavy atom. The molecular weight excluding hydrogens is 420 g/mol. The van der Waals surface area contributed by atoms with Gasteiger partial charge in [0.05, 0.1) is 22.6 Å². The summed E-state index contributed by atoms with van der Waals surface area (Å²) in [5.41, 5.74) is 10.2. The fourth-order valence-corrected chi connectivity index (χ4v) is 3.45. The maximum atomic E-state index is 5.78. The number of benzene rings is 2. The van der Waals surface area contributed by atoms with E-state index in [4.69, 9.17) is 10.5 Å². The first-order chi connectivity index (χ1) is 15.5. The second-order valence-corrected chi connectivity index (χ2v) is 9.26. The van der Waals surface area contributed by atoms with Crippen LogP contribution in [0.25, 0.3) is 22.0 Å². The normalized spacial score (nSPS) is 10.8. The molecule has 0 aliphatic carbocycles. The average Bonchev–Trinajstić information content (AvgIpc) is 3.22. The molecule has 0 amide bonds. The first kappa shape index (κ1) is 21.7. The first-order valence-corrected chi connectivity index (χ1v) is 12.1. The molecule has 0 bridgehead atoms. The number of ether oxygens (including phenoxy) is 1. The minimum absolute atomic E-state index is 0.0801. The van der Waals surface area contributed by atoms with Crippen LogP contribution in [-0.2, 0) is 17.9 Å². The number of fused-ring (bicyclic) bond motifs is 1. The van der Waals surface area contributed by atoms with Crippen molar-refractivity contribution in [2.45, 2.75) is 0 Å². The lowest BCUT2D eigenvalue weighted by Gasteiger charge is -2.11. The quantitative estimate of drug-likeness (QED) is 0.350. The van der Waals surface area contributed by atoms with Gasteiger partial charge in [-0.2, -0.15) is 5.10 Å². The summed E-state index contributed by atoms with van der Waals surface area (Å²) in [6, 6.07) is 11.9. The molecule has 7 nitrogen and oxygen atoms in total. The van der Waals surface area contributed by atoms with Crippen LogP contribution in [0.4, 0.5) is 11.6 Å². The summed E-state index contributed by atoms with van der Waals surface area (Å²) in [5.74, 6) is 4.42. The number of aromatic nitrogens is 4. The smallest absolute Gasteiger partial charge is 0.227 e. The van der Waals surface area contributed by atoms with E-state index in [0.717, 1.165) is 33.3 Å². The zero-order valence-electron chi connectivity index (χ0n) is 18.3. The lowest BCUT2D eigenvalue weighted by atomic mass is 10.1. The predicted molar refractivity (Wildman–Crippen MR) is 132 cm³/mol. The SMILES string of the molecule is Cn1cc(-c2cc(Nc3ncc4cc(C#C[S+](C)C)ccc4n3)cc(OCCN)c2)cn1. The number of anilines is 2. The van der Waals surface area contributed by atoms with Crippen molar-refractivity contribution < 1.29 is 4.74 Å². The summed E-state index contributed by atoms with van der Waals surface area (Å²) >= 11 is 0. The highest BCUT2D eigenvalue weighted by Crippen LogP contribution is 2.30. The third-order valence-electron chi connectivity index (χ3n) is 4.57. The van der Waals surface area contributed by atoms with Gasteiger partial charge in [0, 0.05) is 54.3 Å². The topological polar surface area (TPSA) is 90.9 Å². The molecule has 0 fully saturated rings. The summed E-state index contributed by atoms with van der Waals surface area (Å²) in [6.07, 6.45) is 9.79. The van der Waals surface area contributed by atoms with Crippen molar-refractivity contribution in [3.05, 3.63) is 60.6 Å². The zero-order valence-corrected chi connectivity index (χ0v) is 19.1. The number of nitrogens with one attached hydrogen (secondary N) is 1. The summed E-state index contributed by atoms with van der Waals surface area (Å²) in [5, 5.41) is 11.7. The summed E-state index contributed by atoms with van der Waals surface area (Å²) < 4.78 is 7.55. The first-order valence-electron chi connectivity index (χ1n) is 10.1. The third kappa shape index (κ3) is 5.38. The van der Waals surface area contributed by atoms with Crippen LogP contribution in [-0.4, -0.2) is 45.4 Å². The van der Waals surface area contributed by atoms with Gasteiger partial charge < -0.3 is 15.8 Å². The van der Waals surface area contributed by atoms with Crippen LogP contribution in [0.2, 0.25) is 0 Å². The Hall–Kier alpha value is -3.54. The van der Waals surface area contributed by atoms with Crippen molar-refractivity contribution in [1.29, 1.82) is 0 Å². The average molecular weight is 446 g/mol. The Kier molecular flexibility index (Phi) is 6.59. The van der Waals surface area contributed by atoms with E-state index in [2.05, 4.69) is 44.1 Å². The fourth-order valence-electron chi connectivity index (χ4n) is 3.13. The molecule has 2 aromatic carbocycles. The highest BCUT2D eigenvalue weighted by Gasteiger charge is 2.09. The number of nitrogens with zero attached hydrogens (tertiary/aromatic N) is 4. The van der Waals surface area contributed by atoms with E-state index in [9.17, 15) is 0 Å². The molecule has 0 aliphatic rings. The molecule has 8 heteroatoms. The largest absolute Gasteiger partial charge is 0.492 e. The van der Waals surface area contributed by atoms with E-state index in [0.29, 0.717) is 24.8 Å². The van der Waals surface area contributed by atoms with Gasteiger partial charge in [-0.15, -0.1) is 0 Å². The summed E-state index contributed by atoms with van der Waals surface area (Å²) in [4.78, 5) is 9.15. The van der Waals surface area contributed by atoms with Gasteiger partial charge in [0.15, 0.2) is 5.25 Å². The van der Waals surface area contributed by atoms with Gasteiger partial charge in [-0.05, 0) is 41.8 Å². The molecule has 0 atom stereocenters. The minimum atomic E-state index is 0.0801. The number of rotatable bonds is 6. The third-order valence-corrected chi connectivity index (χ3v) is 5.08. The molecule has 162 valence electrons. The Bertz CT molecular complexity index is 1300. The molecule has 2 heterocycles. The Labute approximate surface area is 190 Å². The Morgan fingerprint density at radius 3 is 2.75 bits per heavy atom. The number of hydrogen-bond donors (Lipinski definition) is 2. The van der Waals surface area contributed by atoms with E-state index >= 15 is 0 Å². The van der Waals surface area contributed by atoms with Crippen LogP contribution in [0.5, 0.6) is 5.75 Å².